The molecule has 1 amide bonds. The molecule has 0 N–H and O–H groups in total. The highest BCUT2D eigenvalue weighted by Gasteiger charge is 2.60. The first-order valence-electron chi connectivity index (χ1n) is 9.66. The van der Waals surface area contributed by atoms with E-state index < -0.39 is 12.0 Å². The molecule has 0 aliphatic carbocycles. The third kappa shape index (κ3) is 3.45. The molecule has 146 valence electrons. The predicted molar refractivity (Wildman–Crippen MR) is 102 cm³/mol. The molecular formula is C21H28N2O4. The Morgan fingerprint density at radius 2 is 2.00 bits per heavy atom. The third-order valence-corrected chi connectivity index (χ3v) is 5.73. The van der Waals surface area contributed by atoms with E-state index in [1.807, 2.05) is 49.1 Å². The summed E-state index contributed by atoms with van der Waals surface area (Å²) in [4.78, 5) is 27.8. The molecule has 1 fully saturated rings. The number of hydroxylamine groups is 1. The fourth-order valence-corrected chi connectivity index (χ4v) is 4.65. The summed E-state index contributed by atoms with van der Waals surface area (Å²) >= 11 is 0. The Kier molecular flexibility index (Phi) is 5.53. The van der Waals surface area contributed by atoms with Gasteiger partial charge in [0.25, 0.3) is 6.04 Å². The molecule has 0 aromatic heterocycles. The summed E-state index contributed by atoms with van der Waals surface area (Å²) in [6, 6.07) is 8.69. The van der Waals surface area contributed by atoms with Gasteiger partial charge in [-0.25, -0.2) is 4.79 Å². The molecule has 27 heavy (non-hydrogen) atoms. The van der Waals surface area contributed by atoms with Gasteiger partial charge in [0.15, 0.2) is 5.71 Å². The normalized spacial score (nSPS) is 27.9. The quantitative estimate of drug-likeness (QED) is 0.452. The molecule has 0 radical (unpaired) electrons. The van der Waals surface area contributed by atoms with Crippen LogP contribution in [0.25, 0.3) is 0 Å². The van der Waals surface area contributed by atoms with Crippen LogP contribution in [-0.4, -0.2) is 45.9 Å². The minimum Gasteiger partial charge on any atom is -0.623 e. The Hall–Kier alpha value is -2.37. The van der Waals surface area contributed by atoms with Crippen LogP contribution in [0.5, 0.6) is 0 Å². The van der Waals surface area contributed by atoms with Gasteiger partial charge in [-0.3, -0.25) is 4.79 Å². The van der Waals surface area contributed by atoms with E-state index in [1.54, 1.807) is 13.8 Å². The number of amides is 1. The number of benzene rings is 1. The molecule has 2 aliphatic rings. The molecule has 1 saturated heterocycles. The second-order valence-electron chi connectivity index (χ2n) is 7.83. The van der Waals surface area contributed by atoms with E-state index in [0.29, 0.717) is 18.7 Å². The molecule has 0 saturated carbocycles. The van der Waals surface area contributed by atoms with E-state index in [0.717, 1.165) is 10.3 Å². The predicted octanol–water partition coefficient (Wildman–Crippen LogP) is 2.59. The van der Waals surface area contributed by atoms with Gasteiger partial charge in [-0.05, 0) is 18.4 Å². The number of rotatable bonds is 5. The van der Waals surface area contributed by atoms with Crippen LogP contribution in [-0.2, 0) is 20.9 Å². The third-order valence-electron chi connectivity index (χ3n) is 5.73. The van der Waals surface area contributed by atoms with Crippen LogP contribution in [0.4, 0.5) is 0 Å². The summed E-state index contributed by atoms with van der Waals surface area (Å²) in [5.74, 6) is -1.08. The molecule has 0 spiro atoms. The Bertz CT molecular complexity index is 744. The van der Waals surface area contributed by atoms with Crippen molar-refractivity contribution in [2.45, 2.75) is 52.7 Å². The number of hydrogen-bond donors (Lipinski definition) is 0. The van der Waals surface area contributed by atoms with Crippen LogP contribution >= 0.6 is 0 Å². The van der Waals surface area contributed by atoms with Crippen molar-refractivity contribution in [1.82, 2.24) is 4.90 Å². The van der Waals surface area contributed by atoms with Crippen molar-refractivity contribution in [1.29, 1.82) is 0 Å². The maximum atomic E-state index is 13.3. The molecule has 2 aliphatic heterocycles. The first kappa shape index (κ1) is 19.4. The second-order valence-corrected chi connectivity index (χ2v) is 7.83. The number of esters is 1. The Morgan fingerprint density at radius 1 is 1.33 bits per heavy atom. The van der Waals surface area contributed by atoms with Gasteiger partial charge in [0, 0.05) is 25.9 Å². The zero-order valence-electron chi connectivity index (χ0n) is 16.4. The molecule has 3 rings (SSSR count). The lowest BCUT2D eigenvalue weighted by molar-refractivity contribution is -0.509. The number of likely N-dealkylation sites (tertiary alicyclic amines) is 1. The summed E-state index contributed by atoms with van der Waals surface area (Å²) in [6.45, 7) is 8.22. The van der Waals surface area contributed by atoms with Crippen LogP contribution in [0.3, 0.4) is 0 Å². The summed E-state index contributed by atoms with van der Waals surface area (Å²) in [6.07, 6.45) is 0.400. The molecule has 2 heterocycles. The van der Waals surface area contributed by atoms with Crippen molar-refractivity contribution in [2.75, 3.05) is 6.61 Å². The van der Waals surface area contributed by atoms with Gasteiger partial charge in [-0.2, -0.15) is 4.74 Å². The van der Waals surface area contributed by atoms with Crippen LogP contribution in [0.1, 0.15) is 39.7 Å². The number of ether oxygens (including phenoxy) is 1. The van der Waals surface area contributed by atoms with E-state index >= 15 is 0 Å². The van der Waals surface area contributed by atoms with Crippen molar-refractivity contribution in [2.24, 2.45) is 17.8 Å². The van der Waals surface area contributed by atoms with Crippen LogP contribution in [0, 0.1) is 23.0 Å². The molecule has 6 heteroatoms. The molecular weight excluding hydrogens is 344 g/mol. The number of fused-ring (bicyclic) bond motifs is 1. The van der Waals surface area contributed by atoms with Gasteiger partial charge >= 0.3 is 5.97 Å². The Labute approximate surface area is 160 Å². The summed E-state index contributed by atoms with van der Waals surface area (Å²) in [5.41, 5.74) is 1.56. The maximum absolute atomic E-state index is 13.3. The monoisotopic (exact) mass is 372 g/mol. The summed E-state index contributed by atoms with van der Waals surface area (Å²) in [5, 5.41) is 12.8. The lowest BCUT2D eigenvalue weighted by atomic mass is 9.75. The Morgan fingerprint density at radius 3 is 2.59 bits per heavy atom. The SMILES string of the molecule is CCOC(=O)[C@@H]1[C@@H]2[C@@H](CC(C)=[N+]1[O-])C(=O)N(Cc1ccccc1)[C@H]2C(C)C. The Balaban J connectivity index is 2.00. The highest BCUT2D eigenvalue weighted by Crippen LogP contribution is 2.43. The molecule has 1 aromatic carbocycles. The van der Waals surface area contributed by atoms with Crippen molar-refractivity contribution in [3.8, 4) is 0 Å². The lowest BCUT2D eigenvalue weighted by Gasteiger charge is -2.35. The van der Waals surface area contributed by atoms with E-state index in [4.69, 9.17) is 4.74 Å². The first-order valence-corrected chi connectivity index (χ1v) is 9.66. The second kappa shape index (κ2) is 7.71. The zero-order chi connectivity index (χ0) is 19.7. The van der Waals surface area contributed by atoms with Gasteiger partial charge in [0.2, 0.25) is 5.91 Å². The number of hydrogen-bond acceptors (Lipinski definition) is 4. The fraction of sp³-hybridized carbons (Fsp3) is 0.571. The molecule has 0 unspecified atom stereocenters. The smallest absolute Gasteiger partial charge is 0.377 e. The topological polar surface area (TPSA) is 72.7 Å². The van der Waals surface area contributed by atoms with E-state index in [-0.39, 0.29) is 36.3 Å². The van der Waals surface area contributed by atoms with E-state index in [1.165, 1.54) is 0 Å². The molecule has 4 atom stereocenters. The minimum atomic E-state index is -0.958. The fourth-order valence-electron chi connectivity index (χ4n) is 4.65. The molecule has 0 bridgehead atoms. The minimum absolute atomic E-state index is 0.0318. The van der Waals surface area contributed by atoms with Crippen molar-refractivity contribution in [3.63, 3.8) is 0 Å². The van der Waals surface area contributed by atoms with Crippen molar-refractivity contribution < 1.29 is 19.1 Å². The summed E-state index contributed by atoms with van der Waals surface area (Å²) in [7, 11) is 0. The van der Waals surface area contributed by atoms with Gasteiger partial charge < -0.3 is 14.8 Å². The van der Waals surface area contributed by atoms with E-state index in [9.17, 15) is 14.8 Å². The lowest BCUT2D eigenvalue weighted by Crippen LogP contribution is -2.52. The van der Waals surface area contributed by atoms with E-state index in [2.05, 4.69) is 0 Å². The maximum Gasteiger partial charge on any atom is 0.377 e. The number of carbonyl (C=O) groups is 2. The average Bonchev–Trinajstić information content (AvgIpc) is 2.89. The van der Waals surface area contributed by atoms with Crippen molar-refractivity contribution in [3.05, 3.63) is 41.1 Å². The van der Waals surface area contributed by atoms with Gasteiger partial charge in [-0.15, -0.1) is 0 Å². The summed E-state index contributed by atoms with van der Waals surface area (Å²) < 4.78 is 5.99. The van der Waals surface area contributed by atoms with Gasteiger partial charge in [0.1, 0.15) is 0 Å². The van der Waals surface area contributed by atoms with Crippen LogP contribution < -0.4 is 0 Å². The largest absolute Gasteiger partial charge is 0.623 e. The molecule has 6 nitrogen and oxygen atoms in total. The average molecular weight is 372 g/mol. The zero-order valence-corrected chi connectivity index (χ0v) is 16.4. The van der Waals surface area contributed by atoms with Gasteiger partial charge in [0.05, 0.1) is 18.4 Å². The highest BCUT2D eigenvalue weighted by atomic mass is 16.5. The van der Waals surface area contributed by atoms with Crippen LogP contribution in [0.2, 0.25) is 0 Å². The van der Waals surface area contributed by atoms with Crippen LogP contribution in [0.15, 0.2) is 30.3 Å². The first-order chi connectivity index (χ1) is 12.9. The highest BCUT2D eigenvalue weighted by molar-refractivity contribution is 5.91. The standard InChI is InChI=1S/C21H28N2O4/c1-5-27-21(25)19-17-16(11-14(4)23(19)26)20(24)22(18(17)13(2)3)12-15-9-7-6-8-10-15/h6-10,13,16-19H,5,11-12H2,1-4H3/t16-,17-,18+,19+/m1/s1. The molecule has 1 aromatic rings. The van der Waals surface area contributed by atoms with Gasteiger partial charge in [-0.1, -0.05) is 44.2 Å². The number of carbonyl (C=O) groups excluding carboxylic acids is 2. The number of nitrogens with zero attached hydrogens (tertiary/aromatic N) is 2. The van der Waals surface area contributed by atoms with Crippen molar-refractivity contribution >= 4 is 17.6 Å².